The lowest BCUT2D eigenvalue weighted by Crippen LogP contribution is -2.22. The van der Waals surface area contributed by atoms with Gasteiger partial charge < -0.3 is 10.8 Å². The summed E-state index contributed by atoms with van der Waals surface area (Å²) in [4.78, 5) is 10.8. The van der Waals surface area contributed by atoms with E-state index in [1.165, 1.54) is 5.56 Å². The Balaban J connectivity index is 1.54. The largest absolute Gasteiger partial charge is 0.465 e. The number of anilines is 1. The van der Waals surface area contributed by atoms with Gasteiger partial charge in [0, 0.05) is 22.7 Å². The molecule has 1 saturated carbocycles. The summed E-state index contributed by atoms with van der Waals surface area (Å²) in [7, 11) is 0. The summed E-state index contributed by atoms with van der Waals surface area (Å²) in [5, 5.41) is 19.6. The fraction of sp³-hybridized carbons (Fsp3) is 0.250. The first-order valence-electron chi connectivity index (χ1n) is 8.90. The summed E-state index contributed by atoms with van der Waals surface area (Å²) in [6, 6.07) is 15.3. The maximum absolute atomic E-state index is 10.8. The average molecular weight is 363 g/mol. The molecule has 1 fully saturated rings. The fourth-order valence-corrected chi connectivity index (χ4v) is 3.42. The van der Waals surface area contributed by atoms with E-state index in [1.807, 2.05) is 24.4 Å². The molecule has 138 valence electrons. The zero-order valence-corrected chi connectivity index (χ0v) is 15.0. The van der Waals surface area contributed by atoms with Crippen LogP contribution < -0.4 is 11.1 Å². The molecule has 2 atom stereocenters. The molecule has 1 aliphatic carbocycles. The number of nitrogens with zero attached hydrogens (tertiary/aromatic N) is 3. The summed E-state index contributed by atoms with van der Waals surface area (Å²) in [5.74, 6) is 0.437. The average Bonchev–Trinajstić information content (AvgIpc) is 3.12. The van der Waals surface area contributed by atoms with Crippen LogP contribution >= 0.6 is 0 Å². The normalized spacial score (nSPS) is 21.0. The minimum atomic E-state index is -1.10. The Labute approximate surface area is 156 Å². The number of amides is 1. The van der Waals surface area contributed by atoms with E-state index in [-0.39, 0.29) is 5.54 Å². The highest BCUT2D eigenvalue weighted by atomic mass is 16.4. The van der Waals surface area contributed by atoms with Crippen molar-refractivity contribution in [3.05, 3.63) is 60.3 Å². The number of rotatable bonds is 5. The number of nitrogens with two attached hydrogens (primary N) is 1. The molecule has 4 N–H and O–H groups in total. The Morgan fingerprint density at radius 3 is 2.78 bits per heavy atom. The van der Waals surface area contributed by atoms with Crippen LogP contribution in [0.25, 0.3) is 16.9 Å². The molecule has 1 aromatic heterocycles. The summed E-state index contributed by atoms with van der Waals surface area (Å²) in [5.41, 5.74) is 10.4. The van der Waals surface area contributed by atoms with Crippen LogP contribution in [0.4, 0.5) is 10.5 Å². The summed E-state index contributed by atoms with van der Waals surface area (Å²) >= 11 is 0. The van der Waals surface area contributed by atoms with Gasteiger partial charge >= 0.3 is 6.09 Å². The number of hydrogen-bond acceptors (Lipinski definition) is 4. The Morgan fingerprint density at radius 1 is 1.33 bits per heavy atom. The van der Waals surface area contributed by atoms with Crippen LogP contribution in [0.5, 0.6) is 0 Å². The number of aromatic nitrogens is 3. The number of carbonyl (C=O) groups is 1. The van der Waals surface area contributed by atoms with Crippen molar-refractivity contribution < 1.29 is 9.90 Å². The number of benzene rings is 2. The molecule has 0 radical (unpaired) electrons. The van der Waals surface area contributed by atoms with Crippen molar-refractivity contribution in [2.24, 2.45) is 5.73 Å². The first-order chi connectivity index (χ1) is 13.0. The van der Waals surface area contributed by atoms with E-state index in [1.54, 1.807) is 22.9 Å². The second-order valence-corrected chi connectivity index (χ2v) is 6.99. The number of carboxylic acid groups (broad SMARTS) is 1. The van der Waals surface area contributed by atoms with Crippen molar-refractivity contribution in [3.8, 4) is 16.9 Å². The van der Waals surface area contributed by atoms with Gasteiger partial charge in [0.2, 0.25) is 0 Å². The van der Waals surface area contributed by atoms with E-state index in [9.17, 15) is 4.79 Å². The van der Waals surface area contributed by atoms with Gasteiger partial charge in [-0.25, -0.2) is 9.48 Å². The summed E-state index contributed by atoms with van der Waals surface area (Å²) in [6.45, 7) is 2.13. The van der Waals surface area contributed by atoms with Crippen molar-refractivity contribution in [1.29, 1.82) is 0 Å². The number of hydrogen-bond donors (Lipinski definition) is 3. The monoisotopic (exact) mass is 363 g/mol. The van der Waals surface area contributed by atoms with Gasteiger partial charge in [0.25, 0.3) is 0 Å². The van der Waals surface area contributed by atoms with Gasteiger partial charge in [-0.2, -0.15) is 0 Å². The zero-order valence-electron chi connectivity index (χ0n) is 15.0. The van der Waals surface area contributed by atoms with Crippen LogP contribution in [-0.2, 0) is 0 Å². The second kappa shape index (κ2) is 6.51. The van der Waals surface area contributed by atoms with Gasteiger partial charge in [0.1, 0.15) is 5.69 Å². The lowest BCUT2D eigenvalue weighted by molar-refractivity contribution is 0.210. The van der Waals surface area contributed by atoms with Crippen LogP contribution in [0, 0.1) is 0 Å². The first kappa shape index (κ1) is 17.2. The fourth-order valence-electron chi connectivity index (χ4n) is 3.42. The standard InChI is InChI=1S/C20H21N5O2/c1-2-20(21)11-17(20)13-6-8-16(9-7-13)25-12-18(23-24-25)14-4-3-5-15(10-14)22-19(26)27/h3-10,12,17,22H,2,11,21H2,1H3,(H,26,27)/t17-,20-/m0/s1. The molecular weight excluding hydrogens is 342 g/mol. The first-order valence-corrected chi connectivity index (χ1v) is 8.90. The maximum Gasteiger partial charge on any atom is 0.409 e. The smallest absolute Gasteiger partial charge is 0.409 e. The van der Waals surface area contributed by atoms with E-state index in [0.717, 1.165) is 24.1 Å². The van der Waals surface area contributed by atoms with Crippen LogP contribution in [-0.4, -0.2) is 31.7 Å². The highest BCUT2D eigenvalue weighted by molar-refractivity contribution is 5.84. The van der Waals surface area contributed by atoms with Crippen molar-refractivity contribution in [2.45, 2.75) is 31.2 Å². The van der Waals surface area contributed by atoms with Gasteiger partial charge in [0.15, 0.2) is 0 Å². The lowest BCUT2D eigenvalue weighted by Gasteiger charge is -2.08. The molecule has 4 rings (SSSR count). The van der Waals surface area contributed by atoms with Gasteiger partial charge in [0.05, 0.1) is 11.9 Å². The summed E-state index contributed by atoms with van der Waals surface area (Å²) in [6.07, 6.45) is 2.75. The van der Waals surface area contributed by atoms with Crippen LogP contribution in [0.15, 0.2) is 54.7 Å². The molecule has 27 heavy (non-hydrogen) atoms. The predicted octanol–water partition coefficient (Wildman–Crippen LogP) is 3.62. The Kier molecular flexibility index (Phi) is 4.16. The quantitative estimate of drug-likeness (QED) is 0.642. The third-order valence-corrected chi connectivity index (χ3v) is 5.24. The minimum absolute atomic E-state index is 0.0447. The van der Waals surface area contributed by atoms with Crippen molar-refractivity contribution in [3.63, 3.8) is 0 Å². The van der Waals surface area contributed by atoms with E-state index >= 15 is 0 Å². The van der Waals surface area contributed by atoms with Crippen molar-refractivity contribution in [2.75, 3.05) is 5.32 Å². The van der Waals surface area contributed by atoms with E-state index in [2.05, 4.69) is 34.7 Å². The number of nitrogens with one attached hydrogen (secondary N) is 1. The lowest BCUT2D eigenvalue weighted by atomic mass is 10.0. The van der Waals surface area contributed by atoms with Crippen LogP contribution in [0.1, 0.15) is 31.2 Å². The molecule has 0 aliphatic heterocycles. The van der Waals surface area contributed by atoms with Crippen molar-refractivity contribution >= 4 is 11.8 Å². The molecule has 0 unspecified atom stereocenters. The molecule has 1 amide bonds. The molecular formula is C20H21N5O2. The molecule has 7 nitrogen and oxygen atoms in total. The molecule has 3 aromatic rings. The van der Waals surface area contributed by atoms with Gasteiger partial charge in [-0.05, 0) is 42.7 Å². The molecule has 0 bridgehead atoms. The van der Waals surface area contributed by atoms with E-state index in [0.29, 0.717) is 17.3 Å². The predicted molar refractivity (Wildman–Crippen MR) is 103 cm³/mol. The molecule has 2 aromatic carbocycles. The highest BCUT2D eigenvalue weighted by Crippen LogP contribution is 2.51. The molecule has 7 heteroatoms. The molecule has 1 aliphatic rings. The molecule has 0 saturated heterocycles. The molecule has 0 spiro atoms. The van der Waals surface area contributed by atoms with Crippen LogP contribution in [0.2, 0.25) is 0 Å². The maximum atomic E-state index is 10.8. The van der Waals surface area contributed by atoms with E-state index in [4.69, 9.17) is 10.8 Å². The van der Waals surface area contributed by atoms with Gasteiger partial charge in [-0.1, -0.05) is 36.4 Å². The molecule has 1 heterocycles. The second-order valence-electron chi connectivity index (χ2n) is 6.99. The van der Waals surface area contributed by atoms with Gasteiger partial charge in [-0.15, -0.1) is 5.10 Å². The Morgan fingerprint density at radius 2 is 2.11 bits per heavy atom. The zero-order chi connectivity index (χ0) is 19.0. The van der Waals surface area contributed by atoms with Crippen molar-refractivity contribution in [1.82, 2.24) is 15.0 Å². The Hall–Kier alpha value is -3.19. The Bertz CT molecular complexity index is 982. The topological polar surface area (TPSA) is 106 Å². The van der Waals surface area contributed by atoms with Crippen LogP contribution in [0.3, 0.4) is 0 Å². The van der Waals surface area contributed by atoms with E-state index < -0.39 is 6.09 Å². The SMILES string of the molecule is CC[C@]1(N)C[C@H]1c1ccc(-n2cc(-c3cccc(NC(=O)O)c3)nn2)cc1. The highest BCUT2D eigenvalue weighted by Gasteiger charge is 2.49. The third kappa shape index (κ3) is 3.41. The summed E-state index contributed by atoms with van der Waals surface area (Å²) < 4.78 is 1.71. The minimum Gasteiger partial charge on any atom is -0.465 e. The van der Waals surface area contributed by atoms with Gasteiger partial charge in [-0.3, -0.25) is 5.32 Å². The third-order valence-electron chi connectivity index (χ3n) is 5.24.